The van der Waals surface area contributed by atoms with E-state index < -0.39 is 16.0 Å². The molecule has 1 aromatic carbocycles. The highest BCUT2D eigenvalue weighted by Gasteiger charge is 2.24. The van der Waals surface area contributed by atoms with Crippen molar-refractivity contribution < 1.29 is 17.9 Å². The first-order valence-electron chi connectivity index (χ1n) is 6.25. The highest BCUT2D eigenvalue weighted by Crippen LogP contribution is 2.25. The largest absolute Gasteiger partial charge is 0.465 e. The summed E-state index contributed by atoms with van der Waals surface area (Å²) in [6.45, 7) is 2.02. The molecule has 7 heteroatoms. The molecule has 2 aromatic rings. The lowest BCUT2D eigenvalue weighted by molar-refractivity contribution is 0.0602. The van der Waals surface area contributed by atoms with Crippen LogP contribution in [-0.4, -0.2) is 21.5 Å². The van der Waals surface area contributed by atoms with E-state index in [1.807, 2.05) is 19.1 Å². The second-order valence-electron chi connectivity index (χ2n) is 4.26. The lowest BCUT2D eigenvalue weighted by Gasteiger charge is -2.08. The van der Waals surface area contributed by atoms with Crippen LogP contribution in [0.5, 0.6) is 0 Å². The second kappa shape index (κ2) is 6.28. The van der Waals surface area contributed by atoms with Gasteiger partial charge in [-0.3, -0.25) is 4.72 Å². The maximum Gasteiger partial charge on any atom is 0.349 e. The first kappa shape index (κ1) is 15.5. The number of carbonyl (C=O) groups excluding carboxylic acids is 1. The number of rotatable bonds is 5. The topological polar surface area (TPSA) is 72.5 Å². The monoisotopic (exact) mass is 325 g/mol. The van der Waals surface area contributed by atoms with Crippen molar-refractivity contribution in [2.75, 3.05) is 11.8 Å². The summed E-state index contributed by atoms with van der Waals surface area (Å²) >= 11 is 1.03. The number of thiophene rings is 1. The Hall–Kier alpha value is -1.86. The van der Waals surface area contributed by atoms with Crippen molar-refractivity contribution in [1.29, 1.82) is 0 Å². The Bertz CT molecular complexity index is 733. The molecule has 1 N–H and O–H groups in total. The number of methoxy groups -OCH3 is 1. The van der Waals surface area contributed by atoms with E-state index in [4.69, 9.17) is 0 Å². The fourth-order valence-electron chi connectivity index (χ4n) is 1.77. The third-order valence-electron chi connectivity index (χ3n) is 2.90. The van der Waals surface area contributed by atoms with E-state index in [1.54, 1.807) is 17.5 Å². The molecule has 0 aliphatic rings. The summed E-state index contributed by atoms with van der Waals surface area (Å²) in [5.74, 6) is -0.660. The molecule has 1 aromatic heterocycles. The van der Waals surface area contributed by atoms with E-state index in [1.165, 1.54) is 13.2 Å². The first-order valence-corrected chi connectivity index (χ1v) is 8.61. The van der Waals surface area contributed by atoms with Crippen LogP contribution in [0.15, 0.2) is 40.6 Å². The van der Waals surface area contributed by atoms with Gasteiger partial charge in [-0.2, -0.15) is 0 Å². The summed E-state index contributed by atoms with van der Waals surface area (Å²) in [6, 6.07) is 8.49. The van der Waals surface area contributed by atoms with Crippen molar-refractivity contribution in [3.05, 3.63) is 46.2 Å². The maximum absolute atomic E-state index is 12.3. The zero-order valence-electron chi connectivity index (χ0n) is 11.6. The molecule has 5 nitrogen and oxygen atoms in total. The van der Waals surface area contributed by atoms with Crippen LogP contribution in [0.4, 0.5) is 5.69 Å². The average Bonchev–Trinajstić information content (AvgIpc) is 2.97. The molecule has 0 bridgehead atoms. The Morgan fingerprint density at radius 2 is 1.90 bits per heavy atom. The predicted octanol–water partition coefficient (Wildman–Crippen LogP) is 2.90. The van der Waals surface area contributed by atoms with Crippen LogP contribution in [-0.2, 0) is 21.2 Å². The Kier molecular flexibility index (Phi) is 4.64. The molecule has 0 aliphatic carbocycles. The molecular formula is C14H15NO4S2. The highest BCUT2D eigenvalue weighted by molar-refractivity contribution is 7.93. The lowest BCUT2D eigenvalue weighted by atomic mass is 10.2. The van der Waals surface area contributed by atoms with Gasteiger partial charge in [0, 0.05) is 5.69 Å². The Morgan fingerprint density at radius 3 is 2.48 bits per heavy atom. The summed E-state index contributed by atoms with van der Waals surface area (Å²) in [6.07, 6.45) is 0.879. The minimum atomic E-state index is -3.82. The van der Waals surface area contributed by atoms with Crippen LogP contribution < -0.4 is 4.72 Å². The van der Waals surface area contributed by atoms with Crippen molar-refractivity contribution in [3.63, 3.8) is 0 Å². The van der Waals surface area contributed by atoms with E-state index >= 15 is 0 Å². The molecule has 0 amide bonds. The molecule has 0 fully saturated rings. The Balaban J connectivity index is 2.30. The van der Waals surface area contributed by atoms with E-state index in [0.29, 0.717) is 5.69 Å². The minimum Gasteiger partial charge on any atom is -0.465 e. The van der Waals surface area contributed by atoms with Gasteiger partial charge in [0.25, 0.3) is 10.0 Å². The van der Waals surface area contributed by atoms with E-state index in [0.717, 1.165) is 23.3 Å². The van der Waals surface area contributed by atoms with Crippen molar-refractivity contribution in [2.24, 2.45) is 0 Å². The van der Waals surface area contributed by atoms with Gasteiger partial charge in [-0.15, -0.1) is 11.3 Å². The van der Waals surface area contributed by atoms with E-state index in [9.17, 15) is 13.2 Å². The number of benzene rings is 1. The molecule has 112 valence electrons. The van der Waals surface area contributed by atoms with Crippen molar-refractivity contribution in [2.45, 2.75) is 18.2 Å². The van der Waals surface area contributed by atoms with Gasteiger partial charge >= 0.3 is 5.97 Å². The quantitative estimate of drug-likeness (QED) is 0.858. The summed E-state index contributed by atoms with van der Waals surface area (Å²) in [5.41, 5.74) is 1.57. The summed E-state index contributed by atoms with van der Waals surface area (Å²) in [7, 11) is -2.60. The standard InChI is InChI=1S/C14H15NO4S2/c1-3-10-4-6-11(7-5-10)15-21(17,18)12-8-9-20-13(12)14(16)19-2/h4-9,15H,3H2,1-2H3. The summed E-state index contributed by atoms with van der Waals surface area (Å²) in [4.78, 5) is 11.6. The lowest BCUT2D eigenvalue weighted by Crippen LogP contribution is -2.15. The molecule has 0 aliphatic heterocycles. The van der Waals surface area contributed by atoms with Crippen LogP contribution in [0.2, 0.25) is 0 Å². The van der Waals surface area contributed by atoms with Crippen LogP contribution >= 0.6 is 11.3 Å². The molecule has 0 spiro atoms. The van der Waals surface area contributed by atoms with Gasteiger partial charge in [0.15, 0.2) is 0 Å². The second-order valence-corrected chi connectivity index (χ2v) is 6.83. The van der Waals surface area contributed by atoms with E-state index in [2.05, 4.69) is 9.46 Å². The molecule has 2 rings (SSSR count). The molecule has 1 heterocycles. The molecule has 0 radical (unpaired) electrons. The summed E-state index contributed by atoms with van der Waals surface area (Å²) in [5, 5.41) is 1.54. The van der Waals surface area contributed by atoms with Crippen molar-refractivity contribution >= 4 is 33.0 Å². The fraction of sp³-hybridized carbons (Fsp3) is 0.214. The number of anilines is 1. The van der Waals surface area contributed by atoms with Gasteiger partial charge in [-0.1, -0.05) is 19.1 Å². The Morgan fingerprint density at radius 1 is 1.24 bits per heavy atom. The number of hydrogen-bond acceptors (Lipinski definition) is 5. The van der Waals surface area contributed by atoms with Gasteiger partial charge < -0.3 is 4.74 Å². The third kappa shape index (κ3) is 3.43. The van der Waals surface area contributed by atoms with Gasteiger partial charge in [0.2, 0.25) is 0 Å². The van der Waals surface area contributed by atoms with Crippen molar-refractivity contribution in [3.8, 4) is 0 Å². The average molecular weight is 325 g/mol. The number of esters is 1. The zero-order valence-corrected chi connectivity index (χ0v) is 13.3. The van der Waals surface area contributed by atoms with Gasteiger partial charge in [0.1, 0.15) is 9.77 Å². The van der Waals surface area contributed by atoms with Crippen LogP contribution in [0.1, 0.15) is 22.2 Å². The number of carbonyl (C=O) groups is 1. The normalized spacial score (nSPS) is 11.1. The Labute approximate surface area is 127 Å². The van der Waals surface area contributed by atoms with E-state index in [-0.39, 0.29) is 9.77 Å². The fourth-order valence-corrected chi connectivity index (χ4v) is 4.16. The van der Waals surface area contributed by atoms with Gasteiger partial charge in [0.05, 0.1) is 7.11 Å². The molecular weight excluding hydrogens is 310 g/mol. The molecule has 21 heavy (non-hydrogen) atoms. The van der Waals surface area contributed by atoms with Crippen LogP contribution in [0, 0.1) is 0 Å². The molecule has 0 unspecified atom stereocenters. The maximum atomic E-state index is 12.3. The van der Waals surface area contributed by atoms with Crippen LogP contribution in [0.25, 0.3) is 0 Å². The number of sulfonamides is 1. The molecule has 0 saturated carbocycles. The smallest absolute Gasteiger partial charge is 0.349 e. The van der Waals surface area contributed by atoms with Crippen molar-refractivity contribution in [1.82, 2.24) is 0 Å². The molecule has 0 saturated heterocycles. The van der Waals surface area contributed by atoms with Crippen LogP contribution in [0.3, 0.4) is 0 Å². The SMILES string of the molecule is CCc1ccc(NS(=O)(=O)c2ccsc2C(=O)OC)cc1. The number of ether oxygens (including phenoxy) is 1. The van der Waals surface area contributed by atoms with Gasteiger partial charge in [-0.25, -0.2) is 13.2 Å². The number of nitrogens with one attached hydrogen (secondary N) is 1. The third-order valence-corrected chi connectivity index (χ3v) is 5.35. The zero-order chi connectivity index (χ0) is 15.5. The predicted molar refractivity (Wildman–Crippen MR) is 82.3 cm³/mol. The number of hydrogen-bond donors (Lipinski definition) is 1. The first-order chi connectivity index (χ1) is 9.97. The highest BCUT2D eigenvalue weighted by atomic mass is 32.2. The number of aryl methyl sites for hydroxylation is 1. The molecule has 0 atom stereocenters. The minimum absolute atomic E-state index is 0.0650. The van der Waals surface area contributed by atoms with Gasteiger partial charge in [-0.05, 0) is 35.6 Å². The summed E-state index contributed by atoms with van der Waals surface area (Å²) < 4.78 is 31.7.